The Balaban J connectivity index is 0.000000239. The molecular weight excluding hydrogens is 550 g/mol. The Kier molecular flexibility index (Phi) is 9.82. The molecule has 220 valence electrons. The van der Waals surface area contributed by atoms with E-state index in [0.29, 0.717) is 46.6 Å². The number of rotatable bonds is 10. The van der Waals surface area contributed by atoms with Gasteiger partial charge in [0.15, 0.2) is 6.29 Å². The molecule has 13 heteroatoms. The molecule has 0 bridgehead atoms. The van der Waals surface area contributed by atoms with Crippen molar-refractivity contribution in [2.75, 3.05) is 24.2 Å². The summed E-state index contributed by atoms with van der Waals surface area (Å²) >= 11 is 0. The molecule has 0 saturated carbocycles. The van der Waals surface area contributed by atoms with Crippen LogP contribution in [0.5, 0.6) is 0 Å². The van der Waals surface area contributed by atoms with Crippen molar-refractivity contribution in [2.24, 2.45) is 12.8 Å². The highest BCUT2D eigenvalue weighted by Crippen LogP contribution is 2.16. The maximum atomic E-state index is 12.4. The number of carbonyl (C=O) groups excluding carboxylic acids is 3. The van der Waals surface area contributed by atoms with E-state index in [4.69, 9.17) is 15.8 Å². The number of aromatic amines is 1. The van der Waals surface area contributed by atoms with E-state index in [1.54, 1.807) is 55.3 Å². The van der Waals surface area contributed by atoms with E-state index in [1.807, 2.05) is 42.5 Å². The molecule has 0 fully saturated rings. The number of aryl methyl sites for hydroxylation is 1. The van der Waals surface area contributed by atoms with Gasteiger partial charge in [-0.2, -0.15) is 0 Å². The van der Waals surface area contributed by atoms with Crippen LogP contribution in [0.3, 0.4) is 0 Å². The van der Waals surface area contributed by atoms with Gasteiger partial charge in [-0.1, -0.05) is 30.4 Å². The normalized spacial score (nSPS) is 10.7. The number of amidine groups is 1. The Morgan fingerprint density at radius 3 is 2.40 bits per heavy atom. The minimum atomic E-state index is -0.234. The summed E-state index contributed by atoms with van der Waals surface area (Å²) in [4.78, 5) is 37.6. The molecule has 0 unspecified atom stereocenters. The fraction of sp³-hybridized carbons (Fsp3) is 0.133. The number of benzene rings is 2. The summed E-state index contributed by atoms with van der Waals surface area (Å²) in [7, 11) is 3.53. The van der Waals surface area contributed by atoms with Crippen molar-refractivity contribution in [2.45, 2.75) is 6.42 Å². The fourth-order valence-electron chi connectivity index (χ4n) is 3.89. The molecule has 2 amide bonds. The van der Waals surface area contributed by atoms with Gasteiger partial charge in [0.2, 0.25) is 0 Å². The van der Waals surface area contributed by atoms with E-state index in [0.717, 1.165) is 23.1 Å². The van der Waals surface area contributed by atoms with Crippen molar-refractivity contribution in [3.63, 3.8) is 0 Å². The van der Waals surface area contributed by atoms with E-state index in [9.17, 15) is 14.4 Å². The molecular formula is C30H31N9O4. The van der Waals surface area contributed by atoms with Gasteiger partial charge in [-0.25, -0.2) is 4.63 Å². The summed E-state index contributed by atoms with van der Waals surface area (Å²) in [5.41, 5.74) is 11.5. The van der Waals surface area contributed by atoms with Gasteiger partial charge in [0, 0.05) is 45.0 Å². The van der Waals surface area contributed by atoms with Crippen LogP contribution in [0.25, 0.3) is 23.2 Å². The lowest BCUT2D eigenvalue weighted by molar-refractivity contribution is 0.0949. The number of hydrogen-bond acceptors (Lipinski definition) is 8. The molecule has 0 atom stereocenters. The zero-order chi connectivity index (χ0) is 30.8. The number of H-pyrrole nitrogens is 1. The topological polar surface area (TPSA) is 197 Å². The van der Waals surface area contributed by atoms with Crippen LogP contribution in [-0.4, -0.2) is 57.4 Å². The zero-order valence-corrected chi connectivity index (χ0v) is 23.5. The highest BCUT2D eigenvalue weighted by atomic mass is 16.6. The Hall–Kier alpha value is -5.98. The van der Waals surface area contributed by atoms with Crippen LogP contribution in [0.15, 0.2) is 71.6 Å². The van der Waals surface area contributed by atoms with Crippen molar-refractivity contribution in [1.82, 2.24) is 25.2 Å². The highest BCUT2D eigenvalue weighted by Gasteiger charge is 2.09. The van der Waals surface area contributed by atoms with Crippen molar-refractivity contribution in [3.05, 3.63) is 95.1 Å². The number of aromatic nitrogens is 4. The molecule has 0 saturated heterocycles. The average molecular weight is 582 g/mol. The third-order valence-electron chi connectivity index (χ3n) is 6.24. The smallest absolute Gasteiger partial charge is 0.267 e. The van der Waals surface area contributed by atoms with Crippen LogP contribution in [0.1, 0.15) is 48.9 Å². The largest absolute Gasteiger partial charge is 0.388 e. The Bertz CT molecular complexity index is 1760. The molecule has 2 aromatic carbocycles. The minimum absolute atomic E-state index is 0.0673. The molecule has 3 aromatic heterocycles. The maximum absolute atomic E-state index is 12.4. The molecule has 0 radical (unpaired) electrons. The molecule has 3 heterocycles. The SMILES string of the molecule is CNc1c[nH]c(C(=O)NCCC(=N)N)c1.Cn1cc(NC(=O)c2ccc(/C=C/c3ccc4nonc4c3)cc2)cc1C=O. The number of nitrogens with two attached hydrogens (primary N) is 1. The van der Waals surface area contributed by atoms with Crippen LogP contribution in [0.2, 0.25) is 0 Å². The number of anilines is 2. The predicted octanol–water partition coefficient (Wildman–Crippen LogP) is 3.91. The average Bonchev–Trinajstić information content (AvgIpc) is 3.76. The first-order valence-corrected chi connectivity index (χ1v) is 13.2. The lowest BCUT2D eigenvalue weighted by Gasteiger charge is -2.03. The number of nitrogens with one attached hydrogen (secondary N) is 5. The second-order valence-electron chi connectivity index (χ2n) is 9.39. The first kappa shape index (κ1) is 30.0. The van der Waals surface area contributed by atoms with Gasteiger partial charge < -0.3 is 31.2 Å². The monoisotopic (exact) mass is 581 g/mol. The predicted molar refractivity (Wildman–Crippen MR) is 165 cm³/mol. The van der Waals surface area contributed by atoms with Gasteiger partial charge in [-0.05, 0) is 57.8 Å². The maximum Gasteiger partial charge on any atom is 0.267 e. The van der Waals surface area contributed by atoms with E-state index < -0.39 is 0 Å². The van der Waals surface area contributed by atoms with Crippen LogP contribution in [0.4, 0.5) is 11.4 Å². The Labute approximate surface area is 246 Å². The van der Waals surface area contributed by atoms with E-state index in [1.165, 1.54) is 0 Å². The van der Waals surface area contributed by atoms with Crippen LogP contribution < -0.4 is 21.7 Å². The summed E-state index contributed by atoms with van der Waals surface area (Å²) in [5, 5.41) is 22.9. The van der Waals surface area contributed by atoms with E-state index in [2.05, 4.69) is 31.2 Å². The third kappa shape index (κ3) is 8.27. The number of aldehydes is 1. The molecule has 0 aliphatic carbocycles. The van der Waals surface area contributed by atoms with Crippen molar-refractivity contribution >= 4 is 58.5 Å². The zero-order valence-electron chi connectivity index (χ0n) is 23.5. The summed E-state index contributed by atoms with van der Waals surface area (Å²) < 4.78 is 6.35. The lowest BCUT2D eigenvalue weighted by atomic mass is 10.1. The molecule has 5 rings (SSSR count). The first-order chi connectivity index (χ1) is 20.7. The molecule has 0 aliphatic rings. The molecule has 5 aromatic rings. The quantitative estimate of drug-likeness (QED) is 0.0617. The summed E-state index contributed by atoms with van der Waals surface area (Å²) in [6.45, 7) is 0.377. The number of nitrogens with zero attached hydrogens (tertiary/aromatic N) is 3. The Morgan fingerprint density at radius 2 is 1.72 bits per heavy atom. The minimum Gasteiger partial charge on any atom is -0.388 e. The van der Waals surface area contributed by atoms with Gasteiger partial charge in [0.1, 0.15) is 16.7 Å². The molecule has 43 heavy (non-hydrogen) atoms. The second-order valence-corrected chi connectivity index (χ2v) is 9.39. The number of carbonyl (C=O) groups is 3. The molecule has 0 aliphatic heterocycles. The Morgan fingerprint density at radius 1 is 1.00 bits per heavy atom. The summed E-state index contributed by atoms with van der Waals surface area (Å²) in [6, 6.07) is 16.2. The molecule has 13 nitrogen and oxygen atoms in total. The summed E-state index contributed by atoms with van der Waals surface area (Å²) in [5.74, 6) is -0.363. The van der Waals surface area contributed by atoms with E-state index in [-0.39, 0.29) is 17.6 Å². The van der Waals surface area contributed by atoms with Crippen LogP contribution in [-0.2, 0) is 7.05 Å². The molecule has 7 N–H and O–H groups in total. The molecule has 0 spiro atoms. The number of fused-ring (bicyclic) bond motifs is 1. The summed E-state index contributed by atoms with van der Waals surface area (Å²) in [6.07, 6.45) is 8.41. The van der Waals surface area contributed by atoms with Gasteiger partial charge in [-0.15, -0.1) is 0 Å². The van der Waals surface area contributed by atoms with Crippen molar-refractivity contribution < 1.29 is 19.0 Å². The second kappa shape index (κ2) is 14.1. The van der Waals surface area contributed by atoms with Gasteiger partial charge in [0.25, 0.3) is 11.8 Å². The van der Waals surface area contributed by atoms with Gasteiger partial charge in [-0.3, -0.25) is 19.8 Å². The van der Waals surface area contributed by atoms with E-state index >= 15 is 0 Å². The van der Waals surface area contributed by atoms with Crippen LogP contribution >= 0.6 is 0 Å². The van der Waals surface area contributed by atoms with Crippen molar-refractivity contribution in [1.29, 1.82) is 5.41 Å². The van der Waals surface area contributed by atoms with Gasteiger partial charge >= 0.3 is 0 Å². The van der Waals surface area contributed by atoms with Gasteiger partial charge in [0.05, 0.1) is 22.9 Å². The standard InChI is InChI=1S/C21H16N4O3.C9H15N5O/c1-25-12-17(11-18(25)13-26)22-21(27)16-7-4-14(5-8-16)2-3-15-6-9-19-20(10-15)24-28-23-19;1-12-6-4-7(14-5-6)9(15)13-3-2-8(10)11/h2-13H,1H3,(H,22,27);4-5,12,14H,2-3H2,1H3,(H3,10,11)(H,13,15)/b3-2+;. The first-order valence-electron chi connectivity index (χ1n) is 13.2. The number of hydrogen-bond donors (Lipinski definition) is 6. The lowest BCUT2D eigenvalue weighted by Crippen LogP contribution is -2.27. The highest BCUT2D eigenvalue weighted by molar-refractivity contribution is 6.04. The number of amides is 2. The van der Waals surface area contributed by atoms with Crippen molar-refractivity contribution in [3.8, 4) is 0 Å². The third-order valence-corrected chi connectivity index (χ3v) is 6.24. The van der Waals surface area contributed by atoms with Crippen LogP contribution in [0, 0.1) is 5.41 Å². The fourth-order valence-corrected chi connectivity index (χ4v) is 3.89.